The largest absolute Gasteiger partial charge is 0.241 e. The van der Waals surface area contributed by atoms with Crippen molar-refractivity contribution < 1.29 is 0 Å². The molecule has 0 N–H and O–H groups in total. The van der Waals surface area contributed by atoms with Crippen LogP contribution in [0.3, 0.4) is 0 Å². The first-order valence-corrected chi connectivity index (χ1v) is 7.72. The van der Waals surface area contributed by atoms with Crippen molar-refractivity contribution in [1.29, 1.82) is 0 Å². The van der Waals surface area contributed by atoms with E-state index in [1.54, 1.807) is 0 Å². The molecule has 0 bridgehead atoms. The molecule has 2 nitrogen and oxygen atoms in total. The second-order valence-corrected chi connectivity index (χ2v) is 6.00. The Hall–Kier alpha value is -1.62. The van der Waals surface area contributed by atoms with Crippen molar-refractivity contribution in [2.75, 3.05) is 0 Å². The smallest absolute Gasteiger partial charge is 0.0656 e. The first kappa shape index (κ1) is 13.4. The fraction of sp³-hybridized carbons (Fsp3) is 0.118. The quantitative estimate of drug-likeness (QED) is 0.624. The Morgan fingerprint density at radius 2 is 1.70 bits per heavy atom. The van der Waals surface area contributed by atoms with Crippen molar-refractivity contribution in [3.8, 4) is 5.69 Å². The van der Waals surface area contributed by atoms with E-state index in [-0.39, 0.29) is 0 Å². The molecule has 0 saturated carbocycles. The van der Waals surface area contributed by atoms with Gasteiger partial charge in [0.05, 0.1) is 11.9 Å². The number of aryl methyl sites for hydroxylation is 2. The van der Waals surface area contributed by atoms with Crippen molar-refractivity contribution in [1.82, 2.24) is 9.78 Å². The van der Waals surface area contributed by atoms with Crippen LogP contribution in [0, 0.1) is 3.57 Å². The molecule has 2 aromatic carbocycles. The SMILES string of the molecule is Ic1cccc(-n2cc(CCc3ccccc3)cn2)c1. The van der Waals surface area contributed by atoms with Crippen LogP contribution in [-0.2, 0) is 12.8 Å². The number of hydrogen-bond donors (Lipinski definition) is 0. The van der Waals surface area contributed by atoms with Crippen molar-refractivity contribution in [2.24, 2.45) is 0 Å². The lowest BCUT2D eigenvalue weighted by Crippen LogP contribution is -1.94. The average molecular weight is 374 g/mol. The van der Waals surface area contributed by atoms with Gasteiger partial charge in [0.2, 0.25) is 0 Å². The van der Waals surface area contributed by atoms with Crippen molar-refractivity contribution in [3.63, 3.8) is 0 Å². The summed E-state index contributed by atoms with van der Waals surface area (Å²) in [6, 6.07) is 18.9. The van der Waals surface area contributed by atoms with Crippen molar-refractivity contribution in [2.45, 2.75) is 12.8 Å². The highest BCUT2D eigenvalue weighted by Crippen LogP contribution is 2.13. The monoisotopic (exact) mass is 374 g/mol. The van der Waals surface area contributed by atoms with Gasteiger partial charge < -0.3 is 0 Å². The maximum absolute atomic E-state index is 4.45. The highest BCUT2D eigenvalue weighted by Gasteiger charge is 2.02. The molecule has 3 heteroatoms. The van der Waals surface area contributed by atoms with Gasteiger partial charge in [-0.3, -0.25) is 0 Å². The topological polar surface area (TPSA) is 17.8 Å². The fourth-order valence-electron chi connectivity index (χ4n) is 2.18. The minimum absolute atomic E-state index is 1.02. The molecule has 0 atom stereocenters. The molecule has 100 valence electrons. The summed E-state index contributed by atoms with van der Waals surface area (Å²) in [4.78, 5) is 0. The van der Waals surface area contributed by atoms with Crippen LogP contribution in [0.25, 0.3) is 5.69 Å². The Balaban J connectivity index is 1.71. The third kappa shape index (κ3) is 3.28. The van der Waals surface area contributed by atoms with Gasteiger partial charge in [0, 0.05) is 9.77 Å². The van der Waals surface area contributed by atoms with Gasteiger partial charge in [-0.1, -0.05) is 36.4 Å². The van der Waals surface area contributed by atoms with E-state index in [1.807, 2.05) is 10.9 Å². The van der Waals surface area contributed by atoms with E-state index in [0.717, 1.165) is 18.5 Å². The first-order valence-electron chi connectivity index (χ1n) is 6.65. The highest BCUT2D eigenvalue weighted by atomic mass is 127. The summed E-state index contributed by atoms with van der Waals surface area (Å²) >= 11 is 2.32. The zero-order valence-electron chi connectivity index (χ0n) is 11.0. The Morgan fingerprint density at radius 1 is 0.900 bits per heavy atom. The molecule has 3 aromatic rings. The Labute approximate surface area is 132 Å². The maximum Gasteiger partial charge on any atom is 0.0656 e. The number of aromatic nitrogens is 2. The minimum atomic E-state index is 1.02. The molecule has 0 spiro atoms. The summed E-state index contributed by atoms with van der Waals surface area (Å²) in [5.41, 5.74) is 3.75. The van der Waals surface area contributed by atoms with Crippen LogP contribution >= 0.6 is 22.6 Å². The van der Waals surface area contributed by atoms with Crippen molar-refractivity contribution in [3.05, 3.63) is 81.7 Å². The van der Waals surface area contributed by atoms with E-state index >= 15 is 0 Å². The molecule has 0 radical (unpaired) electrons. The molecule has 3 rings (SSSR count). The van der Waals surface area contributed by atoms with E-state index in [4.69, 9.17) is 0 Å². The number of halogens is 1. The lowest BCUT2D eigenvalue weighted by Gasteiger charge is -2.01. The third-order valence-corrected chi connectivity index (χ3v) is 3.92. The first-order chi connectivity index (χ1) is 9.81. The molecular formula is C17H15IN2. The summed E-state index contributed by atoms with van der Waals surface area (Å²) < 4.78 is 3.17. The van der Waals surface area contributed by atoms with Crippen LogP contribution in [0.4, 0.5) is 0 Å². The maximum atomic E-state index is 4.45. The molecule has 0 aliphatic rings. The predicted octanol–water partition coefficient (Wildman–Crippen LogP) is 4.26. The highest BCUT2D eigenvalue weighted by molar-refractivity contribution is 14.1. The molecule has 0 unspecified atom stereocenters. The Morgan fingerprint density at radius 3 is 2.50 bits per heavy atom. The van der Waals surface area contributed by atoms with E-state index in [2.05, 4.69) is 88.5 Å². The number of benzene rings is 2. The lowest BCUT2D eigenvalue weighted by atomic mass is 10.1. The van der Waals surface area contributed by atoms with Gasteiger partial charge >= 0.3 is 0 Å². The molecule has 0 aliphatic carbocycles. The Kier molecular flexibility index (Phi) is 4.16. The standard InChI is InChI=1S/C17H15IN2/c18-16-7-4-8-17(11-16)20-13-15(12-19-20)10-9-14-5-2-1-3-6-14/h1-8,11-13H,9-10H2. The van der Waals surface area contributed by atoms with Gasteiger partial charge in [-0.25, -0.2) is 4.68 Å². The minimum Gasteiger partial charge on any atom is -0.241 e. The zero-order valence-corrected chi connectivity index (χ0v) is 13.2. The fourth-order valence-corrected chi connectivity index (χ4v) is 2.71. The van der Waals surface area contributed by atoms with Gasteiger partial charge in [0.1, 0.15) is 0 Å². The van der Waals surface area contributed by atoms with Crippen LogP contribution < -0.4 is 0 Å². The summed E-state index contributed by atoms with van der Waals surface area (Å²) in [6.45, 7) is 0. The van der Waals surface area contributed by atoms with Gasteiger partial charge in [0.15, 0.2) is 0 Å². The molecule has 0 amide bonds. The van der Waals surface area contributed by atoms with E-state index < -0.39 is 0 Å². The molecule has 0 fully saturated rings. The Bertz CT molecular complexity index is 689. The predicted molar refractivity (Wildman–Crippen MR) is 90.1 cm³/mol. The second kappa shape index (κ2) is 6.22. The van der Waals surface area contributed by atoms with E-state index in [1.165, 1.54) is 14.7 Å². The number of hydrogen-bond acceptors (Lipinski definition) is 1. The molecule has 20 heavy (non-hydrogen) atoms. The summed E-state index contributed by atoms with van der Waals surface area (Å²) in [7, 11) is 0. The number of nitrogens with zero attached hydrogens (tertiary/aromatic N) is 2. The summed E-state index contributed by atoms with van der Waals surface area (Å²) in [6.07, 6.45) is 6.16. The van der Waals surface area contributed by atoms with Crippen LogP contribution in [-0.4, -0.2) is 9.78 Å². The summed E-state index contributed by atoms with van der Waals surface area (Å²) in [5.74, 6) is 0. The second-order valence-electron chi connectivity index (χ2n) is 4.76. The molecule has 1 heterocycles. The van der Waals surface area contributed by atoms with Crippen LogP contribution in [0.2, 0.25) is 0 Å². The van der Waals surface area contributed by atoms with Gasteiger partial charge in [-0.2, -0.15) is 5.10 Å². The number of rotatable bonds is 4. The van der Waals surface area contributed by atoms with Gasteiger partial charge in [-0.05, 0) is 64.8 Å². The van der Waals surface area contributed by atoms with E-state index in [0.29, 0.717) is 0 Å². The van der Waals surface area contributed by atoms with Crippen LogP contribution in [0.5, 0.6) is 0 Å². The van der Waals surface area contributed by atoms with Crippen LogP contribution in [0.15, 0.2) is 67.0 Å². The van der Waals surface area contributed by atoms with Crippen LogP contribution in [0.1, 0.15) is 11.1 Å². The average Bonchev–Trinajstić information content (AvgIpc) is 2.95. The lowest BCUT2D eigenvalue weighted by molar-refractivity contribution is 0.878. The zero-order chi connectivity index (χ0) is 13.8. The molecule has 0 saturated heterocycles. The van der Waals surface area contributed by atoms with E-state index in [9.17, 15) is 0 Å². The van der Waals surface area contributed by atoms with Gasteiger partial charge in [0.25, 0.3) is 0 Å². The van der Waals surface area contributed by atoms with Crippen molar-refractivity contribution >= 4 is 22.6 Å². The molecule has 0 aliphatic heterocycles. The normalized spacial score (nSPS) is 10.7. The van der Waals surface area contributed by atoms with Gasteiger partial charge in [-0.15, -0.1) is 0 Å². The molecule has 1 aromatic heterocycles. The third-order valence-electron chi connectivity index (χ3n) is 3.25. The molecular weight excluding hydrogens is 359 g/mol. The summed E-state index contributed by atoms with van der Waals surface area (Å²) in [5, 5.41) is 4.45.